The average molecular weight is 537 g/mol. The number of thiazole rings is 1. The normalized spacial score (nSPS) is 15.0. The molecule has 0 saturated carbocycles. The highest BCUT2D eigenvalue weighted by Gasteiger charge is 2.35. The Kier molecular flexibility index (Phi) is 8.42. The molecule has 0 unspecified atom stereocenters. The molecule has 0 aliphatic carbocycles. The van der Waals surface area contributed by atoms with Gasteiger partial charge in [-0.2, -0.15) is 0 Å². The van der Waals surface area contributed by atoms with E-state index in [-0.39, 0.29) is 12.2 Å². The third-order valence-corrected chi connectivity index (χ3v) is 6.83. The molecular formula is C28H28N2O7S. The van der Waals surface area contributed by atoms with Gasteiger partial charge in [0.25, 0.3) is 5.56 Å². The van der Waals surface area contributed by atoms with Crippen molar-refractivity contribution in [3.63, 3.8) is 0 Å². The Hall–Kier alpha value is -4.18. The number of aromatic nitrogens is 1. The number of para-hydroxylation sites is 1. The average Bonchev–Trinajstić information content (AvgIpc) is 3.21. The second-order valence-electron chi connectivity index (χ2n) is 8.41. The number of benzene rings is 2. The van der Waals surface area contributed by atoms with Gasteiger partial charge in [0.05, 0.1) is 29.5 Å². The minimum atomic E-state index is -1.08. The van der Waals surface area contributed by atoms with Crippen LogP contribution in [0.2, 0.25) is 0 Å². The lowest BCUT2D eigenvalue weighted by Gasteiger charge is -2.26. The van der Waals surface area contributed by atoms with E-state index in [9.17, 15) is 14.4 Å². The van der Waals surface area contributed by atoms with Crippen LogP contribution in [-0.2, 0) is 14.3 Å². The van der Waals surface area contributed by atoms with Gasteiger partial charge in [0, 0.05) is 5.56 Å². The van der Waals surface area contributed by atoms with Crippen LogP contribution in [0.4, 0.5) is 0 Å². The van der Waals surface area contributed by atoms with Crippen molar-refractivity contribution >= 4 is 29.4 Å². The van der Waals surface area contributed by atoms with Gasteiger partial charge in [0.2, 0.25) is 0 Å². The van der Waals surface area contributed by atoms with Crippen molar-refractivity contribution < 1.29 is 28.9 Å². The molecule has 1 atom stereocenters. The summed E-state index contributed by atoms with van der Waals surface area (Å²) in [6.45, 7) is 3.45. The zero-order valence-electron chi connectivity index (χ0n) is 21.3. The van der Waals surface area contributed by atoms with Gasteiger partial charge < -0.3 is 19.3 Å². The molecule has 0 saturated heterocycles. The predicted octanol–water partition coefficient (Wildman–Crippen LogP) is 3.05. The van der Waals surface area contributed by atoms with E-state index in [1.807, 2.05) is 25.1 Å². The van der Waals surface area contributed by atoms with E-state index in [1.54, 1.807) is 50.4 Å². The lowest BCUT2D eigenvalue weighted by Crippen LogP contribution is -2.40. The summed E-state index contributed by atoms with van der Waals surface area (Å²) in [7, 11) is 1.54. The summed E-state index contributed by atoms with van der Waals surface area (Å²) >= 11 is 1.22. The SMILES string of the molecule is CCCC1=C(C(=O)OCC)[C@@H](c2ccccc2OC)n2c(s/c(=C\c3cccc(OCC(=O)O)c3)c2=O)=N1. The topological polar surface area (TPSA) is 116 Å². The van der Waals surface area contributed by atoms with E-state index >= 15 is 0 Å². The van der Waals surface area contributed by atoms with Crippen molar-refractivity contribution in [3.05, 3.63) is 90.6 Å². The fraction of sp³-hybridized carbons (Fsp3) is 0.286. The molecule has 2 aromatic carbocycles. The highest BCUT2D eigenvalue weighted by atomic mass is 32.1. The van der Waals surface area contributed by atoms with Crippen LogP contribution in [0.3, 0.4) is 0 Å². The molecule has 0 radical (unpaired) electrons. The second kappa shape index (κ2) is 11.9. The van der Waals surface area contributed by atoms with Crippen LogP contribution >= 0.6 is 11.3 Å². The largest absolute Gasteiger partial charge is 0.496 e. The molecule has 38 heavy (non-hydrogen) atoms. The summed E-state index contributed by atoms with van der Waals surface area (Å²) in [6, 6.07) is 13.3. The third-order valence-electron chi connectivity index (χ3n) is 5.84. The number of allylic oxidation sites excluding steroid dienone is 1. The number of carbonyl (C=O) groups excluding carboxylic acids is 1. The van der Waals surface area contributed by atoms with Crippen LogP contribution in [0.5, 0.6) is 11.5 Å². The first-order valence-corrected chi connectivity index (χ1v) is 13.0. The number of carboxylic acid groups (broad SMARTS) is 1. The number of esters is 1. The predicted molar refractivity (Wildman–Crippen MR) is 142 cm³/mol. The maximum Gasteiger partial charge on any atom is 0.341 e. The van der Waals surface area contributed by atoms with E-state index in [0.717, 1.165) is 6.42 Å². The molecule has 0 bridgehead atoms. The van der Waals surface area contributed by atoms with Gasteiger partial charge in [-0.15, -0.1) is 0 Å². The number of hydrogen-bond acceptors (Lipinski definition) is 8. The highest BCUT2D eigenvalue weighted by Crippen LogP contribution is 2.36. The molecule has 1 aliphatic rings. The Labute approximate surface area is 222 Å². The molecule has 9 nitrogen and oxygen atoms in total. The van der Waals surface area contributed by atoms with E-state index in [0.29, 0.717) is 49.7 Å². The summed E-state index contributed by atoms with van der Waals surface area (Å²) in [5.41, 5.74) is 1.89. The van der Waals surface area contributed by atoms with Gasteiger partial charge in [0.1, 0.15) is 17.5 Å². The van der Waals surface area contributed by atoms with Crippen molar-refractivity contribution in [1.82, 2.24) is 4.57 Å². The van der Waals surface area contributed by atoms with Crippen molar-refractivity contribution in [2.45, 2.75) is 32.7 Å². The number of ether oxygens (including phenoxy) is 3. The Balaban J connectivity index is 1.93. The zero-order valence-corrected chi connectivity index (χ0v) is 22.1. The number of fused-ring (bicyclic) bond motifs is 1. The highest BCUT2D eigenvalue weighted by molar-refractivity contribution is 7.07. The number of aliphatic carboxylic acids is 1. The molecular weight excluding hydrogens is 508 g/mol. The molecule has 2 heterocycles. The Morgan fingerprint density at radius 3 is 2.66 bits per heavy atom. The monoisotopic (exact) mass is 536 g/mol. The first-order valence-electron chi connectivity index (χ1n) is 12.2. The van der Waals surface area contributed by atoms with Crippen LogP contribution in [0.1, 0.15) is 43.9 Å². The number of carboxylic acids is 1. The van der Waals surface area contributed by atoms with E-state index in [1.165, 1.54) is 15.9 Å². The van der Waals surface area contributed by atoms with Gasteiger partial charge >= 0.3 is 11.9 Å². The number of rotatable bonds is 10. The third kappa shape index (κ3) is 5.55. The minimum Gasteiger partial charge on any atom is -0.496 e. The van der Waals surface area contributed by atoms with E-state index < -0.39 is 24.6 Å². The molecule has 0 fully saturated rings. The smallest absolute Gasteiger partial charge is 0.341 e. The maximum atomic E-state index is 13.8. The molecule has 1 aliphatic heterocycles. The summed E-state index contributed by atoms with van der Waals surface area (Å²) < 4.78 is 18.2. The lowest BCUT2D eigenvalue weighted by atomic mass is 9.93. The number of hydrogen-bond donors (Lipinski definition) is 1. The standard InChI is InChI=1S/C28H28N2O7S/c1-4-9-20-24(27(34)36-5-2)25(19-12-6-7-13-21(19)35-3)30-26(33)22(38-28(30)29-20)15-17-10-8-11-18(14-17)37-16-23(31)32/h6-8,10-15,25H,4-5,9,16H2,1-3H3,(H,31,32)/b22-15-/t25-/m1/s1. The van der Waals surface area contributed by atoms with Gasteiger partial charge in [-0.05, 0) is 43.2 Å². The van der Waals surface area contributed by atoms with Gasteiger partial charge in [0.15, 0.2) is 11.4 Å². The van der Waals surface area contributed by atoms with Gasteiger partial charge in [-0.25, -0.2) is 14.6 Å². The summed E-state index contributed by atoms with van der Waals surface area (Å²) in [5, 5.41) is 8.89. The van der Waals surface area contributed by atoms with Gasteiger partial charge in [-0.1, -0.05) is 55.0 Å². The first kappa shape index (κ1) is 26.9. The van der Waals surface area contributed by atoms with E-state index in [4.69, 9.17) is 24.3 Å². The molecule has 4 rings (SSSR count). The zero-order chi connectivity index (χ0) is 27.2. The number of carbonyl (C=O) groups is 2. The number of methoxy groups -OCH3 is 1. The molecule has 10 heteroatoms. The Morgan fingerprint density at radius 2 is 1.95 bits per heavy atom. The molecule has 0 spiro atoms. The van der Waals surface area contributed by atoms with E-state index in [2.05, 4.69) is 0 Å². The van der Waals surface area contributed by atoms with Crippen molar-refractivity contribution in [3.8, 4) is 11.5 Å². The molecule has 1 N–H and O–H groups in total. The van der Waals surface area contributed by atoms with Crippen LogP contribution < -0.4 is 24.4 Å². The molecule has 1 aromatic heterocycles. The summed E-state index contributed by atoms with van der Waals surface area (Å²) in [4.78, 5) is 43.2. The molecule has 3 aromatic rings. The van der Waals surface area contributed by atoms with Crippen LogP contribution in [-0.4, -0.2) is 41.9 Å². The fourth-order valence-corrected chi connectivity index (χ4v) is 5.32. The van der Waals surface area contributed by atoms with Gasteiger partial charge in [-0.3, -0.25) is 9.36 Å². The fourth-order valence-electron chi connectivity index (χ4n) is 4.30. The quantitative estimate of drug-likeness (QED) is 0.396. The van der Waals surface area contributed by atoms with Crippen molar-refractivity contribution in [2.24, 2.45) is 4.99 Å². The summed E-state index contributed by atoms with van der Waals surface area (Å²) in [5.74, 6) is -0.695. The number of nitrogens with zero attached hydrogens (tertiary/aromatic N) is 2. The first-order chi connectivity index (χ1) is 18.4. The van der Waals surface area contributed by atoms with Crippen LogP contribution in [0.25, 0.3) is 6.08 Å². The summed E-state index contributed by atoms with van der Waals surface area (Å²) in [6.07, 6.45) is 2.98. The lowest BCUT2D eigenvalue weighted by molar-refractivity contribution is -0.140. The molecule has 198 valence electrons. The van der Waals surface area contributed by atoms with Crippen LogP contribution in [0.15, 0.2) is 69.6 Å². The maximum absolute atomic E-state index is 13.8. The van der Waals surface area contributed by atoms with Crippen molar-refractivity contribution in [1.29, 1.82) is 0 Å². The van der Waals surface area contributed by atoms with Crippen molar-refractivity contribution in [2.75, 3.05) is 20.3 Å². The Bertz CT molecular complexity index is 1570. The molecule has 0 amide bonds. The van der Waals surface area contributed by atoms with Crippen LogP contribution in [0, 0.1) is 0 Å². The minimum absolute atomic E-state index is 0.186. The second-order valence-corrected chi connectivity index (χ2v) is 9.42. The Morgan fingerprint density at radius 1 is 1.16 bits per heavy atom.